The second-order valence-corrected chi connectivity index (χ2v) is 6.94. The largest absolute Gasteiger partial charge is 0.330 e. The minimum atomic E-state index is -0.0809. The molecule has 3 aliphatic rings. The van der Waals surface area contributed by atoms with Crippen molar-refractivity contribution in [3.63, 3.8) is 0 Å². The first kappa shape index (κ1) is 14.6. The van der Waals surface area contributed by atoms with E-state index in [-0.39, 0.29) is 18.1 Å². The molecule has 118 valence electrons. The van der Waals surface area contributed by atoms with E-state index >= 15 is 0 Å². The Morgan fingerprint density at radius 2 is 2.17 bits per heavy atom. The molecule has 0 N–H and O–H groups in total. The summed E-state index contributed by atoms with van der Waals surface area (Å²) in [6.45, 7) is 2.83. The summed E-state index contributed by atoms with van der Waals surface area (Å²) in [5.41, 5.74) is 3.17. The van der Waals surface area contributed by atoms with Gasteiger partial charge < -0.3 is 4.90 Å². The number of halogens is 1. The van der Waals surface area contributed by atoms with Crippen LogP contribution in [0, 0.1) is 0 Å². The highest BCUT2D eigenvalue weighted by atomic mass is 79.9. The van der Waals surface area contributed by atoms with Crippen LogP contribution in [0.25, 0.3) is 0 Å². The number of aliphatic imine (C=N–C) groups is 1. The minimum Gasteiger partial charge on any atom is -0.330 e. The average molecular weight is 373 g/mol. The first-order valence-corrected chi connectivity index (χ1v) is 8.58. The molecule has 0 saturated heterocycles. The molecule has 4 rings (SSSR count). The molecule has 0 radical (unpaired) electrons. The van der Waals surface area contributed by atoms with E-state index in [1.54, 1.807) is 11.2 Å². The van der Waals surface area contributed by atoms with Gasteiger partial charge in [-0.05, 0) is 40.4 Å². The van der Waals surface area contributed by atoms with Crippen LogP contribution < -0.4 is 0 Å². The minimum absolute atomic E-state index is 0.0288. The third-order valence-electron chi connectivity index (χ3n) is 4.65. The summed E-state index contributed by atoms with van der Waals surface area (Å²) in [6, 6.07) is 8.44. The first-order valence-electron chi connectivity index (χ1n) is 7.78. The van der Waals surface area contributed by atoms with Crippen LogP contribution in [0.5, 0.6) is 0 Å². The van der Waals surface area contributed by atoms with Crippen molar-refractivity contribution in [2.45, 2.75) is 32.0 Å². The van der Waals surface area contributed by atoms with Crippen LogP contribution in [0.4, 0.5) is 0 Å². The lowest BCUT2D eigenvalue weighted by Crippen LogP contribution is -2.42. The molecule has 0 spiro atoms. The number of fused-ring (bicyclic) bond motifs is 2. The third-order valence-corrected chi connectivity index (χ3v) is 5.05. The average Bonchev–Trinajstić information content (AvgIpc) is 2.98. The summed E-state index contributed by atoms with van der Waals surface area (Å²) in [6.07, 6.45) is 5.02. The Morgan fingerprint density at radius 3 is 3.04 bits per heavy atom. The topological polar surface area (TPSA) is 48.3 Å². The van der Waals surface area contributed by atoms with E-state index < -0.39 is 0 Å². The molecular formula is C17H17BrN4O. The van der Waals surface area contributed by atoms with Crippen molar-refractivity contribution in [3.05, 3.63) is 46.1 Å². The van der Waals surface area contributed by atoms with Crippen LogP contribution in [0.1, 0.15) is 30.5 Å². The molecule has 0 fully saturated rings. The Bertz CT molecular complexity index is 755. The van der Waals surface area contributed by atoms with Crippen molar-refractivity contribution >= 4 is 33.8 Å². The van der Waals surface area contributed by atoms with Gasteiger partial charge >= 0.3 is 0 Å². The maximum Gasteiger partial charge on any atom is 0.270 e. The third kappa shape index (κ3) is 2.51. The number of hydrogen-bond donors (Lipinski definition) is 0. The Morgan fingerprint density at radius 1 is 1.35 bits per heavy atom. The number of allylic oxidation sites excluding steroid dienone is 1. The molecule has 3 heterocycles. The molecule has 1 amide bonds. The van der Waals surface area contributed by atoms with Gasteiger partial charge in [0.25, 0.3) is 5.91 Å². The SMILES string of the molecule is C[C@@H]1c2ccccc2CCN1C(=O)C1=NN2C=C(Br)C=NC2C1. The van der Waals surface area contributed by atoms with Gasteiger partial charge in [0.15, 0.2) is 0 Å². The second kappa shape index (κ2) is 5.60. The van der Waals surface area contributed by atoms with Crippen LogP contribution in [0.3, 0.4) is 0 Å². The zero-order valence-corrected chi connectivity index (χ0v) is 14.4. The number of hydrogen-bond acceptors (Lipinski definition) is 4. The normalized spacial score (nSPS) is 25.7. The van der Waals surface area contributed by atoms with E-state index in [0.29, 0.717) is 12.1 Å². The molecule has 3 aliphatic heterocycles. The summed E-state index contributed by atoms with van der Waals surface area (Å²) >= 11 is 3.39. The standard InChI is InChI=1S/C17H17BrN4O/c1-11-14-5-3-2-4-12(14)6-7-21(11)17(23)15-8-16-19-9-13(18)10-22(16)20-15/h2-5,9-11,16H,6-8H2,1H3/t11-,16?/m1/s1. The highest BCUT2D eigenvalue weighted by Crippen LogP contribution is 2.31. The fraction of sp³-hybridized carbons (Fsp3) is 0.353. The number of hydrazone groups is 1. The smallest absolute Gasteiger partial charge is 0.270 e. The zero-order valence-electron chi connectivity index (χ0n) is 12.8. The quantitative estimate of drug-likeness (QED) is 0.760. The zero-order chi connectivity index (χ0) is 16.0. The van der Waals surface area contributed by atoms with Gasteiger partial charge in [0.2, 0.25) is 0 Å². The highest BCUT2D eigenvalue weighted by Gasteiger charge is 2.35. The van der Waals surface area contributed by atoms with Gasteiger partial charge in [-0.1, -0.05) is 24.3 Å². The molecule has 1 aromatic carbocycles. The number of nitrogens with zero attached hydrogens (tertiary/aromatic N) is 4. The van der Waals surface area contributed by atoms with Crippen molar-refractivity contribution in [2.75, 3.05) is 6.54 Å². The van der Waals surface area contributed by atoms with E-state index in [9.17, 15) is 4.79 Å². The summed E-state index contributed by atoms with van der Waals surface area (Å²) in [4.78, 5) is 19.3. The highest BCUT2D eigenvalue weighted by molar-refractivity contribution is 9.12. The van der Waals surface area contributed by atoms with Gasteiger partial charge in [-0.2, -0.15) is 5.10 Å². The van der Waals surface area contributed by atoms with Crippen LogP contribution in [0.15, 0.2) is 45.0 Å². The molecule has 6 heteroatoms. The van der Waals surface area contributed by atoms with Crippen LogP contribution in [-0.2, 0) is 11.2 Å². The summed E-state index contributed by atoms with van der Waals surface area (Å²) in [5, 5.41) is 6.23. The predicted molar refractivity (Wildman–Crippen MR) is 93.5 cm³/mol. The van der Waals surface area contributed by atoms with Gasteiger partial charge in [-0.25, -0.2) is 5.01 Å². The van der Waals surface area contributed by atoms with E-state index in [0.717, 1.165) is 17.4 Å². The Labute approximate surface area is 143 Å². The van der Waals surface area contributed by atoms with Gasteiger partial charge in [-0.3, -0.25) is 9.79 Å². The van der Waals surface area contributed by atoms with Crippen molar-refractivity contribution in [2.24, 2.45) is 10.1 Å². The van der Waals surface area contributed by atoms with Gasteiger partial charge in [-0.15, -0.1) is 0 Å². The van der Waals surface area contributed by atoms with E-state index in [2.05, 4.69) is 51.1 Å². The fourth-order valence-electron chi connectivity index (χ4n) is 3.41. The summed E-state index contributed by atoms with van der Waals surface area (Å²) in [7, 11) is 0. The lowest BCUT2D eigenvalue weighted by molar-refractivity contribution is -0.126. The molecule has 0 saturated carbocycles. The van der Waals surface area contributed by atoms with Gasteiger partial charge in [0.1, 0.15) is 11.9 Å². The Balaban J connectivity index is 1.57. The van der Waals surface area contributed by atoms with Crippen LogP contribution in [0.2, 0.25) is 0 Å². The fourth-order valence-corrected chi connectivity index (χ4v) is 3.74. The molecule has 0 aliphatic carbocycles. The molecule has 1 unspecified atom stereocenters. The lowest BCUT2D eigenvalue weighted by atomic mass is 9.93. The number of carbonyl (C=O) groups is 1. The van der Waals surface area contributed by atoms with Crippen LogP contribution >= 0.6 is 15.9 Å². The van der Waals surface area contributed by atoms with E-state index in [1.807, 2.05) is 17.2 Å². The van der Waals surface area contributed by atoms with Crippen molar-refractivity contribution < 1.29 is 4.79 Å². The molecular weight excluding hydrogens is 356 g/mol. The maximum atomic E-state index is 12.9. The van der Waals surface area contributed by atoms with Crippen molar-refractivity contribution in [1.82, 2.24) is 9.91 Å². The Hall–Kier alpha value is -1.95. The summed E-state index contributed by atoms with van der Waals surface area (Å²) in [5.74, 6) is 0.0288. The first-order chi connectivity index (χ1) is 11.1. The van der Waals surface area contributed by atoms with Crippen molar-refractivity contribution in [1.29, 1.82) is 0 Å². The maximum absolute atomic E-state index is 12.9. The van der Waals surface area contributed by atoms with Crippen molar-refractivity contribution in [3.8, 4) is 0 Å². The number of rotatable bonds is 1. The lowest BCUT2D eigenvalue weighted by Gasteiger charge is -2.35. The monoisotopic (exact) mass is 372 g/mol. The van der Waals surface area contributed by atoms with E-state index in [4.69, 9.17) is 0 Å². The Kier molecular flexibility index (Phi) is 3.56. The second-order valence-electron chi connectivity index (χ2n) is 6.03. The summed E-state index contributed by atoms with van der Waals surface area (Å²) < 4.78 is 0.867. The number of carbonyl (C=O) groups excluding carboxylic acids is 1. The molecule has 0 aromatic heterocycles. The molecule has 0 bridgehead atoms. The van der Waals surface area contributed by atoms with Gasteiger partial charge in [0, 0.05) is 25.4 Å². The molecule has 23 heavy (non-hydrogen) atoms. The molecule has 1 aromatic rings. The molecule has 5 nitrogen and oxygen atoms in total. The van der Waals surface area contributed by atoms with E-state index in [1.165, 1.54) is 11.1 Å². The molecule has 2 atom stereocenters. The number of benzene rings is 1. The number of amides is 1. The van der Waals surface area contributed by atoms with Gasteiger partial charge in [0.05, 0.1) is 10.5 Å². The van der Waals surface area contributed by atoms with Crippen LogP contribution in [-0.4, -0.2) is 40.5 Å². The predicted octanol–water partition coefficient (Wildman–Crippen LogP) is 2.84.